The van der Waals surface area contributed by atoms with Crippen molar-refractivity contribution in [1.82, 2.24) is 4.98 Å². The number of hydrogen-bond acceptors (Lipinski definition) is 2. The monoisotopic (exact) mass is 413 g/mol. The zero-order valence-electron chi connectivity index (χ0n) is 13.3. The van der Waals surface area contributed by atoms with E-state index in [1.165, 1.54) is 15.3 Å². The van der Waals surface area contributed by atoms with Crippen LogP contribution in [0.2, 0.25) is 0 Å². The van der Waals surface area contributed by atoms with Gasteiger partial charge in [-0.2, -0.15) is 0 Å². The number of aryl methyl sites for hydroxylation is 2. The molecule has 0 aliphatic carbocycles. The van der Waals surface area contributed by atoms with E-state index in [1.807, 2.05) is 6.92 Å². The summed E-state index contributed by atoms with van der Waals surface area (Å²) in [5.74, 6) is -0.0689. The van der Waals surface area contributed by atoms with Gasteiger partial charge in [0, 0.05) is 0 Å². The summed E-state index contributed by atoms with van der Waals surface area (Å²) >= 11 is -0.170. The van der Waals surface area contributed by atoms with Crippen molar-refractivity contribution in [3.8, 4) is 0 Å². The van der Waals surface area contributed by atoms with Gasteiger partial charge in [-0.3, -0.25) is 0 Å². The molecule has 0 amide bonds. The number of benzene rings is 1. The predicted molar refractivity (Wildman–Crippen MR) is 84.7 cm³/mol. The molecule has 1 unspecified atom stereocenters. The van der Waals surface area contributed by atoms with E-state index < -0.39 is 0 Å². The predicted octanol–water partition coefficient (Wildman–Crippen LogP) is 0.481. The van der Waals surface area contributed by atoms with Crippen molar-refractivity contribution in [2.24, 2.45) is 5.73 Å². The molecule has 2 rings (SSSR count). The van der Waals surface area contributed by atoms with Crippen molar-refractivity contribution in [2.75, 3.05) is 6.54 Å². The van der Waals surface area contributed by atoms with E-state index in [0.29, 0.717) is 10.5 Å². The van der Waals surface area contributed by atoms with Crippen molar-refractivity contribution < 1.29 is 25.6 Å². The van der Waals surface area contributed by atoms with Gasteiger partial charge in [0.05, 0.1) is 0 Å². The Morgan fingerprint density at radius 3 is 2.68 bits per heavy atom. The molecule has 0 spiro atoms. The molecule has 120 valence electrons. The fraction of sp³-hybridized carbons (Fsp3) is 0.389. The molecule has 0 saturated heterocycles. The van der Waals surface area contributed by atoms with E-state index in [1.54, 1.807) is 6.07 Å². The van der Waals surface area contributed by atoms with Crippen LogP contribution in [0.25, 0.3) is 0 Å². The third-order valence-electron chi connectivity index (χ3n) is 3.87. The summed E-state index contributed by atoms with van der Waals surface area (Å²) in [7, 11) is 0. The van der Waals surface area contributed by atoms with Crippen LogP contribution in [0.1, 0.15) is 36.6 Å². The molecular formula is C18H23FIN2-. The second-order valence-corrected chi connectivity index (χ2v) is 9.18. The Kier molecular flexibility index (Phi) is 6.32. The van der Waals surface area contributed by atoms with Crippen LogP contribution >= 0.6 is 0 Å². The minimum atomic E-state index is -0.266. The Balaban J connectivity index is 2.26. The summed E-state index contributed by atoms with van der Waals surface area (Å²) in [6, 6.07) is 10.1. The Hall–Kier alpha value is -1.01. The molecule has 0 radical (unpaired) electrons. The molecule has 2 nitrogen and oxygen atoms in total. The van der Waals surface area contributed by atoms with Crippen LogP contribution in [0.15, 0.2) is 36.5 Å². The second-order valence-electron chi connectivity index (χ2n) is 5.43. The Morgan fingerprint density at radius 2 is 2.05 bits per heavy atom. The fourth-order valence-electron chi connectivity index (χ4n) is 2.56. The molecule has 1 heterocycles. The number of nitrogens with two attached hydrogens (primary N) is 1. The summed E-state index contributed by atoms with van der Waals surface area (Å²) in [6.07, 6.45) is 2.10. The number of halogens is 2. The topological polar surface area (TPSA) is 38.9 Å². The fourth-order valence-corrected chi connectivity index (χ4v) is 5.77. The molecule has 1 aromatic heterocycles. The van der Waals surface area contributed by atoms with Gasteiger partial charge < -0.3 is 0 Å². The van der Waals surface area contributed by atoms with Crippen molar-refractivity contribution in [1.29, 1.82) is 0 Å². The number of rotatable bonds is 6. The van der Waals surface area contributed by atoms with E-state index in [9.17, 15) is 4.39 Å². The molecule has 2 aromatic rings. The van der Waals surface area contributed by atoms with Crippen LogP contribution in [-0.4, -0.2) is 15.5 Å². The van der Waals surface area contributed by atoms with Crippen molar-refractivity contribution in [3.05, 3.63) is 62.7 Å². The molecular weight excluding hydrogens is 390 g/mol. The van der Waals surface area contributed by atoms with Gasteiger partial charge in [-0.1, -0.05) is 0 Å². The molecule has 0 bridgehead atoms. The van der Waals surface area contributed by atoms with Gasteiger partial charge in [0.25, 0.3) is 0 Å². The average Bonchev–Trinajstić information content (AvgIpc) is 2.51. The summed E-state index contributed by atoms with van der Waals surface area (Å²) in [6.45, 7) is 7.00. The third kappa shape index (κ3) is 4.04. The molecule has 2 atom stereocenters. The standard InChI is InChI=1S/C18H23FIN2/c1-4-14-9-15(19)11-22-18(14)16(10-21)13(3)20-17-8-6-5-7-12(17)2/h5-9,11,13,16H,4,10,21H2,1-3H3/q-1/t13-,16?/m1/s1. The van der Waals surface area contributed by atoms with Crippen molar-refractivity contribution in [3.63, 3.8) is 0 Å². The summed E-state index contributed by atoms with van der Waals surface area (Å²) in [5, 5.41) is 0. The summed E-state index contributed by atoms with van der Waals surface area (Å²) in [5.41, 5.74) is 9.35. The molecule has 0 aliphatic rings. The van der Waals surface area contributed by atoms with Gasteiger partial charge in [0.2, 0.25) is 0 Å². The van der Waals surface area contributed by atoms with E-state index in [2.05, 4.69) is 43.1 Å². The maximum absolute atomic E-state index is 13.4. The molecule has 2 N–H and O–H groups in total. The summed E-state index contributed by atoms with van der Waals surface area (Å²) in [4.78, 5) is 4.37. The third-order valence-corrected chi connectivity index (χ3v) is 7.61. The molecule has 0 saturated carbocycles. The van der Waals surface area contributed by atoms with E-state index in [-0.39, 0.29) is 32.9 Å². The van der Waals surface area contributed by atoms with Crippen LogP contribution < -0.4 is 26.9 Å². The molecule has 0 aliphatic heterocycles. The van der Waals surface area contributed by atoms with E-state index >= 15 is 0 Å². The number of aromatic nitrogens is 1. The molecule has 4 heteroatoms. The number of nitrogens with zero attached hydrogens (tertiary/aromatic N) is 1. The first kappa shape index (κ1) is 17.3. The SMILES string of the molecule is CCc1cc(F)cnc1C(CN)[C@@H](C)[I-]c1ccccc1C. The number of pyridine rings is 1. The quantitative estimate of drug-likeness (QED) is 0.553. The minimum absolute atomic E-state index is 0.170. The first-order valence-corrected chi connectivity index (χ1v) is 9.92. The maximum atomic E-state index is 13.4. The van der Waals surface area contributed by atoms with E-state index in [4.69, 9.17) is 5.73 Å². The zero-order valence-corrected chi connectivity index (χ0v) is 15.5. The van der Waals surface area contributed by atoms with Gasteiger partial charge in [0.15, 0.2) is 0 Å². The van der Waals surface area contributed by atoms with Crippen LogP contribution in [-0.2, 0) is 6.42 Å². The zero-order chi connectivity index (χ0) is 16.1. The number of hydrogen-bond donors (Lipinski definition) is 1. The van der Waals surface area contributed by atoms with Gasteiger partial charge in [-0.25, -0.2) is 0 Å². The van der Waals surface area contributed by atoms with E-state index in [0.717, 1.165) is 17.7 Å². The number of alkyl halides is 1. The van der Waals surface area contributed by atoms with Gasteiger partial charge in [-0.05, 0) is 0 Å². The van der Waals surface area contributed by atoms with Crippen LogP contribution in [0, 0.1) is 16.3 Å². The molecule has 0 fully saturated rings. The average molecular weight is 413 g/mol. The second kappa shape index (κ2) is 8.02. The van der Waals surface area contributed by atoms with Gasteiger partial charge in [-0.15, -0.1) is 0 Å². The summed E-state index contributed by atoms with van der Waals surface area (Å²) < 4.78 is 15.3. The first-order chi connectivity index (χ1) is 10.6. The van der Waals surface area contributed by atoms with Crippen LogP contribution in [0.3, 0.4) is 0 Å². The Bertz CT molecular complexity index is 630. The molecule has 22 heavy (non-hydrogen) atoms. The van der Waals surface area contributed by atoms with Gasteiger partial charge in [0.1, 0.15) is 0 Å². The Morgan fingerprint density at radius 1 is 1.32 bits per heavy atom. The van der Waals surface area contributed by atoms with Crippen LogP contribution in [0.4, 0.5) is 4.39 Å². The molecule has 1 aromatic carbocycles. The van der Waals surface area contributed by atoms with Crippen molar-refractivity contribution in [2.45, 2.75) is 37.0 Å². The normalized spacial score (nSPS) is 14.0. The van der Waals surface area contributed by atoms with Crippen LogP contribution in [0.5, 0.6) is 0 Å². The van der Waals surface area contributed by atoms with Crippen molar-refractivity contribution >= 4 is 0 Å². The first-order valence-electron chi connectivity index (χ1n) is 7.60. The Labute approximate surface area is 142 Å². The van der Waals surface area contributed by atoms with Gasteiger partial charge >= 0.3 is 143 Å².